The van der Waals surface area contributed by atoms with Crippen molar-refractivity contribution in [2.45, 2.75) is 57.2 Å². The Balaban J connectivity index is 2.05. The summed E-state index contributed by atoms with van der Waals surface area (Å²) >= 11 is 5.90. The zero-order chi connectivity index (χ0) is 28.3. The van der Waals surface area contributed by atoms with Gasteiger partial charge in [0.15, 0.2) is 9.84 Å². The number of amides is 1. The summed E-state index contributed by atoms with van der Waals surface area (Å²) in [6, 6.07) is 10.7. The van der Waals surface area contributed by atoms with Crippen molar-refractivity contribution in [2.24, 2.45) is 0 Å². The third kappa shape index (κ3) is 7.18. The SMILES string of the molecule is CCCCO[C@@H](C)Cc1cc(C(=O)Nc2ccc(S(C)(=O)=O)cc2)c(C)n1-c1ccc(Cl)cc1C(F)(F)F. The van der Waals surface area contributed by atoms with E-state index in [9.17, 15) is 26.4 Å². The fraction of sp³-hybridized carbons (Fsp3) is 0.370. The van der Waals surface area contributed by atoms with Crippen molar-refractivity contribution in [3.63, 3.8) is 0 Å². The van der Waals surface area contributed by atoms with Crippen LogP contribution in [0.15, 0.2) is 53.4 Å². The smallest absolute Gasteiger partial charge is 0.378 e. The number of aromatic nitrogens is 1. The molecule has 0 unspecified atom stereocenters. The molecule has 1 amide bonds. The fourth-order valence-electron chi connectivity index (χ4n) is 4.08. The van der Waals surface area contributed by atoms with Crippen LogP contribution in [0.1, 0.15) is 54.0 Å². The highest BCUT2D eigenvalue weighted by Crippen LogP contribution is 2.37. The van der Waals surface area contributed by atoms with Gasteiger partial charge in [0.1, 0.15) is 0 Å². The highest BCUT2D eigenvalue weighted by atomic mass is 35.5. The lowest BCUT2D eigenvalue weighted by atomic mass is 10.1. The van der Waals surface area contributed by atoms with E-state index < -0.39 is 27.5 Å². The molecule has 2 aromatic carbocycles. The average molecular weight is 571 g/mol. The molecule has 0 spiro atoms. The van der Waals surface area contributed by atoms with Crippen molar-refractivity contribution in [3.05, 3.63) is 76.1 Å². The lowest BCUT2D eigenvalue weighted by Gasteiger charge is -2.20. The van der Waals surface area contributed by atoms with E-state index in [-0.39, 0.29) is 33.7 Å². The molecule has 1 aromatic heterocycles. The van der Waals surface area contributed by atoms with Gasteiger partial charge in [-0.25, -0.2) is 8.42 Å². The van der Waals surface area contributed by atoms with Crippen LogP contribution in [0.5, 0.6) is 0 Å². The standard InChI is InChI=1S/C27H30ClF3N2O4S/c1-5-6-13-37-17(2)14-21-16-23(26(34)32-20-8-10-22(11-9-20)38(4,35)36)18(3)33(21)25-12-7-19(28)15-24(25)27(29,30)31/h7-12,15-17H,5-6,13-14H2,1-4H3,(H,32,34)/t17-/m0/s1. The van der Waals surface area contributed by atoms with Gasteiger partial charge in [0.2, 0.25) is 0 Å². The molecule has 11 heteroatoms. The minimum Gasteiger partial charge on any atom is -0.378 e. The molecule has 0 saturated carbocycles. The van der Waals surface area contributed by atoms with Gasteiger partial charge < -0.3 is 14.6 Å². The molecule has 38 heavy (non-hydrogen) atoms. The summed E-state index contributed by atoms with van der Waals surface area (Å²) in [4.78, 5) is 13.3. The molecule has 0 aliphatic carbocycles. The lowest BCUT2D eigenvalue weighted by molar-refractivity contribution is -0.137. The molecule has 0 aliphatic heterocycles. The van der Waals surface area contributed by atoms with E-state index >= 15 is 0 Å². The number of nitrogens with zero attached hydrogens (tertiary/aromatic N) is 1. The van der Waals surface area contributed by atoms with E-state index in [0.717, 1.165) is 25.2 Å². The molecule has 206 valence electrons. The summed E-state index contributed by atoms with van der Waals surface area (Å²) in [7, 11) is -3.41. The molecular formula is C27H30ClF3N2O4S. The van der Waals surface area contributed by atoms with Crippen LogP contribution < -0.4 is 5.32 Å². The Morgan fingerprint density at radius 1 is 1.13 bits per heavy atom. The summed E-state index contributed by atoms with van der Waals surface area (Å²) in [6.07, 6.45) is -1.85. The van der Waals surface area contributed by atoms with Crippen molar-refractivity contribution < 1.29 is 31.1 Å². The van der Waals surface area contributed by atoms with Gasteiger partial charge >= 0.3 is 6.18 Å². The highest BCUT2D eigenvalue weighted by molar-refractivity contribution is 7.90. The molecule has 0 radical (unpaired) electrons. The fourth-order valence-corrected chi connectivity index (χ4v) is 4.89. The van der Waals surface area contributed by atoms with Gasteiger partial charge in [-0.15, -0.1) is 0 Å². The van der Waals surface area contributed by atoms with Gasteiger partial charge in [-0.2, -0.15) is 13.2 Å². The molecule has 0 fully saturated rings. The van der Waals surface area contributed by atoms with Crippen LogP contribution in [0.4, 0.5) is 18.9 Å². The van der Waals surface area contributed by atoms with Gasteiger partial charge in [0.25, 0.3) is 5.91 Å². The number of ether oxygens (including phenoxy) is 1. The Morgan fingerprint density at radius 2 is 1.79 bits per heavy atom. The minimum absolute atomic E-state index is 0.0563. The predicted octanol–water partition coefficient (Wildman–Crippen LogP) is 6.86. The molecule has 3 aromatic rings. The third-order valence-electron chi connectivity index (χ3n) is 6.01. The number of carbonyl (C=O) groups excluding carboxylic acids is 1. The Morgan fingerprint density at radius 3 is 2.37 bits per heavy atom. The Kier molecular flexibility index (Phi) is 9.33. The molecular weight excluding hydrogens is 541 g/mol. The summed E-state index contributed by atoms with van der Waals surface area (Å²) in [5, 5.41) is 2.64. The van der Waals surface area contributed by atoms with Gasteiger partial charge in [-0.3, -0.25) is 4.79 Å². The zero-order valence-electron chi connectivity index (χ0n) is 21.5. The van der Waals surface area contributed by atoms with E-state index in [1.54, 1.807) is 13.0 Å². The van der Waals surface area contributed by atoms with Gasteiger partial charge in [-0.05, 0) is 68.8 Å². The summed E-state index contributed by atoms with van der Waals surface area (Å²) in [6.45, 7) is 5.95. The topological polar surface area (TPSA) is 77.4 Å². The first kappa shape index (κ1) is 29.7. The number of benzene rings is 2. The van der Waals surface area contributed by atoms with Crippen LogP contribution in [-0.4, -0.2) is 37.9 Å². The number of carbonyl (C=O) groups is 1. The number of alkyl halides is 3. The maximum Gasteiger partial charge on any atom is 0.418 e. The summed E-state index contributed by atoms with van der Waals surface area (Å²) in [5.74, 6) is -0.545. The number of nitrogens with one attached hydrogen (secondary N) is 1. The van der Waals surface area contributed by atoms with Crippen molar-refractivity contribution in [1.29, 1.82) is 0 Å². The number of hydrogen-bond acceptors (Lipinski definition) is 4. The van der Waals surface area contributed by atoms with Crippen molar-refractivity contribution in [1.82, 2.24) is 4.57 Å². The van der Waals surface area contributed by atoms with Gasteiger partial charge in [0, 0.05) is 41.4 Å². The van der Waals surface area contributed by atoms with Crippen LogP contribution in [0.25, 0.3) is 5.69 Å². The number of anilines is 1. The lowest BCUT2D eigenvalue weighted by Crippen LogP contribution is -2.18. The second-order valence-electron chi connectivity index (χ2n) is 9.12. The molecule has 3 rings (SSSR count). The Hall–Kier alpha value is -2.82. The summed E-state index contributed by atoms with van der Waals surface area (Å²) < 4.78 is 72.7. The van der Waals surface area contributed by atoms with Gasteiger partial charge in [-0.1, -0.05) is 24.9 Å². The molecule has 1 N–H and O–H groups in total. The number of unbranched alkanes of at least 4 members (excludes halogenated alkanes) is 1. The van der Waals surface area contributed by atoms with E-state index in [1.807, 2.05) is 13.8 Å². The molecule has 0 bridgehead atoms. The Labute approximate surface area is 225 Å². The normalized spacial score (nSPS) is 12.9. The maximum absolute atomic E-state index is 14.0. The number of halogens is 4. The molecule has 0 saturated heterocycles. The number of hydrogen-bond donors (Lipinski definition) is 1. The molecule has 1 atom stereocenters. The van der Waals surface area contributed by atoms with E-state index in [2.05, 4.69) is 5.32 Å². The first-order valence-corrected chi connectivity index (χ1v) is 14.3. The number of sulfone groups is 1. The van der Waals surface area contributed by atoms with Crippen LogP contribution in [0, 0.1) is 6.92 Å². The van der Waals surface area contributed by atoms with Crippen LogP contribution in [-0.2, 0) is 27.2 Å². The van der Waals surface area contributed by atoms with E-state index in [4.69, 9.17) is 16.3 Å². The summed E-state index contributed by atoms with van der Waals surface area (Å²) in [5.41, 5.74) is 0.223. The van der Waals surface area contributed by atoms with Gasteiger partial charge in [0.05, 0.1) is 27.8 Å². The molecule has 1 heterocycles. The molecule has 0 aliphatic rings. The first-order valence-electron chi connectivity index (χ1n) is 12.0. The maximum atomic E-state index is 14.0. The monoisotopic (exact) mass is 570 g/mol. The van der Waals surface area contributed by atoms with E-state index in [1.165, 1.54) is 41.0 Å². The van der Waals surface area contributed by atoms with Crippen molar-refractivity contribution >= 4 is 33.0 Å². The second-order valence-corrected chi connectivity index (χ2v) is 11.6. The van der Waals surface area contributed by atoms with Crippen molar-refractivity contribution in [3.8, 4) is 5.69 Å². The third-order valence-corrected chi connectivity index (χ3v) is 7.37. The van der Waals surface area contributed by atoms with Crippen LogP contribution >= 0.6 is 11.6 Å². The first-order chi connectivity index (χ1) is 17.7. The Bertz CT molecular complexity index is 1400. The van der Waals surface area contributed by atoms with Crippen molar-refractivity contribution in [2.75, 3.05) is 18.2 Å². The van der Waals surface area contributed by atoms with Crippen LogP contribution in [0.3, 0.4) is 0 Å². The van der Waals surface area contributed by atoms with E-state index in [0.29, 0.717) is 23.7 Å². The average Bonchev–Trinajstić information content (AvgIpc) is 3.14. The second kappa shape index (κ2) is 11.9. The highest BCUT2D eigenvalue weighted by Gasteiger charge is 2.35. The van der Waals surface area contributed by atoms with Crippen LogP contribution in [0.2, 0.25) is 5.02 Å². The quantitative estimate of drug-likeness (QED) is 0.270. The number of rotatable bonds is 10. The minimum atomic E-state index is -4.68. The zero-order valence-corrected chi connectivity index (χ0v) is 23.1. The largest absolute Gasteiger partial charge is 0.418 e. The predicted molar refractivity (Wildman–Crippen MR) is 142 cm³/mol. The molecule has 6 nitrogen and oxygen atoms in total.